The number of halogens is 1. The lowest BCUT2D eigenvalue weighted by molar-refractivity contribution is 0.0972. The molecule has 0 bridgehead atoms. The van der Waals surface area contributed by atoms with Gasteiger partial charge in [-0.25, -0.2) is 8.42 Å². The second-order valence-electron chi connectivity index (χ2n) is 2.33. The first-order chi connectivity index (χ1) is 5.82. The molecule has 7 heteroatoms. The summed E-state index contributed by atoms with van der Waals surface area (Å²) in [6.45, 7) is 1.38. The highest BCUT2D eigenvalue weighted by Crippen LogP contribution is 2.22. The molecular formula is C6H6ClNO4S. The van der Waals surface area contributed by atoms with Gasteiger partial charge in [0.25, 0.3) is 15.0 Å². The van der Waals surface area contributed by atoms with Gasteiger partial charge in [-0.1, -0.05) is 0 Å². The summed E-state index contributed by atoms with van der Waals surface area (Å²) in [5, 5.41) is 0. The van der Waals surface area contributed by atoms with Crippen LogP contribution in [0.15, 0.2) is 15.4 Å². The zero-order valence-corrected chi connectivity index (χ0v) is 8.15. The number of hydrogen-bond donors (Lipinski definition) is 1. The van der Waals surface area contributed by atoms with Crippen LogP contribution in [0.2, 0.25) is 0 Å². The Balaban J connectivity index is 3.35. The Bertz CT molecular complexity index is 447. The standard InChI is InChI=1S/C6H6ClNO4S/c1-3-5(13(7,10)11)2-4(12-3)6(8)9/h2H,1H3,(H2,8,9). The molecule has 1 amide bonds. The second-order valence-corrected chi connectivity index (χ2v) is 4.87. The number of carbonyl (C=O) groups excluding carboxylic acids is 1. The minimum Gasteiger partial charge on any atom is -0.455 e. The second kappa shape index (κ2) is 3.04. The van der Waals surface area contributed by atoms with Crippen molar-refractivity contribution >= 4 is 25.6 Å². The van der Waals surface area contributed by atoms with E-state index < -0.39 is 15.0 Å². The van der Waals surface area contributed by atoms with Gasteiger partial charge in [0.15, 0.2) is 5.76 Å². The average Bonchev–Trinajstić information content (AvgIpc) is 2.29. The molecule has 5 nitrogen and oxygen atoms in total. The molecule has 0 saturated heterocycles. The van der Waals surface area contributed by atoms with Crippen LogP contribution in [0.1, 0.15) is 16.3 Å². The van der Waals surface area contributed by atoms with Crippen molar-refractivity contribution in [2.75, 3.05) is 0 Å². The van der Waals surface area contributed by atoms with Crippen molar-refractivity contribution in [3.05, 3.63) is 17.6 Å². The Hall–Kier alpha value is -1.01. The zero-order chi connectivity index (χ0) is 10.2. The molecule has 0 spiro atoms. The first-order valence-corrected chi connectivity index (χ1v) is 5.48. The number of aryl methyl sites for hydroxylation is 1. The SMILES string of the molecule is Cc1oc(C(N)=O)cc1S(=O)(=O)Cl. The number of amides is 1. The van der Waals surface area contributed by atoms with Gasteiger partial charge in [-0.2, -0.15) is 0 Å². The maximum atomic E-state index is 10.8. The van der Waals surface area contributed by atoms with Gasteiger partial charge in [0, 0.05) is 16.7 Å². The lowest BCUT2D eigenvalue weighted by Crippen LogP contribution is -2.09. The largest absolute Gasteiger partial charge is 0.455 e. The normalized spacial score (nSPS) is 11.5. The van der Waals surface area contributed by atoms with Gasteiger partial charge in [-0.3, -0.25) is 4.79 Å². The molecule has 0 aromatic carbocycles. The molecule has 1 aromatic rings. The molecule has 13 heavy (non-hydrogen) atoms. The molecular weight excluding hydrogens is 218 g/mol. The van der Waals surface area contributed by atoms with E-state index in [0.29, 0.717) is 0 Å². The van der Waals surface area contributed by atoms with Gasteiger partial charge in [-0.15, -0.1) is 0 Å². The molecule has 0 aliphatic heterocycles. The van der Waals surface area contributed by atoms with Crippen molar-refractivity contribution < 1.29 is 17.6 Å². The van der Waals surface area contributed by atoms with E-state index in [0.717, 1.165) is 6.07 Å². The van der Waals surface area contributed by atoms with Crippen LogP contribution in [0, 0.1) is 6.92 Å². The van der Waals surface area contributed by atoms with Gasteiger partial charge < -0.3 is 10.2 Å². The van der Waals surface area contributed by atoms with Gasteiger partial charge in [0.2, 0.25) is 0 Å². The van der Waals surface area contributed by atoms with Gasteiger partial charge in [0.1, 0.15) is 10.7 Å². The van der Waals surface area contributed by atoms with Crippen LogP contribution in [0.25, 0.3) is 0 Å². The van der Waals surface area contributed by atoms with E-state index in [1.807, 2.05) is 0 Å². The van der Waals surface area contributed by atoms with Crippen LogP contribution in [0.5, 0.6) is 0 Å². The minimum atomic E-state index is -3.88. The summed E-state index contributed by atoms with van der Waals surface area (Å²) in [4.78, 5) is 10.4. The highest BCUT2D eigenvalue weighted by molar-refractivity contribution is 8.13. The van der Waals surface area contributed by atoms with E-state index in [1.54, 1.807) is 0 Å². The van der Waals surface area contributed by atoms with Crippen molar-refractivity contribution in [2.24, 2.45) is 5.73 Å². The zero-order valence-electron chi connectivity index (χ0n) is 6.57. The van der Waals surface area contributed by atoms with Crippen LogP contribution >= 0.6 is 10.7 Å². The van der Waals surface area contributed by atoms with Crippen molar-refractivity contribution in [1.82, 2.24) is 0 Å². The van der Waals surface area contributed by atoms with Gasteiger partial charge in [0.05, 0.1) is 0 Å². The topological polar surface area (TPSA) is 90.4 Å². The highest BCUT2D eigenvalue weighted by Gasteiger charge is 2.20. The number of nitrogens with two attached hydrogens (primary N) is 1. The molecule has 0 aliphatic carbocycles. The minimum absolute atomic E-state index is 0.0452. The fourth-order valence-corrected chi connectivity index (χ4v) is 1.92. The third-order valence-electron chi connectivity index (χ3n) is 1.38. The maximum Gasteiger partial charge on any atom is 0.284 e. The van der Waals surface area contributed by atoms with Gasteiger partial charge >= 0.3 is 0 Å². The van der Waals surface area contributed by atoms with Crippen LogP contribution in [-0.4, -0.2) is 14.3 Å². The quantitative estimate of drug-likeness (QED) is 0.744. The van der Waals surface area contributed by atoms with Crippen LogP contribution in [0.4, 0.5) is 0 Å². The molecule has 0 radical (unpaired) electrons. The Morgan fingerprint density at radius 3 is 2.38 bits per heavy atom. The predicted octanol–water partition coefficient (Wildman–Crippen LogP) is 0.614. The number of primary amides is 1. The molecule has 0 aliphatic rings. The third-order valence-corrected chi connectivity index (χ3v) is 2.81. The molecule has 2 N–H and O–H groups in total. The Kier molecular flexibility index (Phi) is 2.36. The number of carbonyl (C=O) groups is 1. The fraction of sp³-hybridized carbons (Fsp3) is 0.167. The molecule has 0 fully saturated rings. The summed E-state index contributed by atoms with van der Waals surface area (Å²) in [6.07, 6.45) is 0. The fourth-order valence-electron chi connectivity index (χ4n) is 0.829. The lowest BCUT2D eigenvalue weighted by atomic mass is 10.4. The Morgan fingerprint density at radius 1 is 1.62 bits per heavy atom. The molecule has 1 rings (SSSR count). The molecule has 72 valence electrons. The Morgan fingerprint density at radius 2 is 2.15 bits per heavy atom. The van der Waals surface area contributed by atoms with Crippen molar-refractivity contribution in [1.29, 1.82) is 0 Å². The van der Waals surface area contributed by atoms with Crippen LogP contribution in [0.3, 0.4) is 0 Å². The number of furan rings is 1. The van der Waals surface area contributed by atoms with Crippen molar-refractivity contribution in [2.45, 2.75) is 11.8 Å². The molecule has 0 saturated carbocycles. The first-order valence-electron chi connectivity index (χ1n) is 3.17. The summed E-state index contributed by atoms with van der Waals surface area (Å²) >= 11 is 0. The van der Waals surface area contributed by atoms with E-state index in [2.05, 4.69) is 0 Å². The number of rotatable bonds is 2. The predicted molar refractivity (Wildman–Crippen MR) is 45.0 cm³/mol. The summed E-state index contributed by atoms with van der Waals surface area (Å²) in [7, 11) is 1.17. The third kappa shape index (κ3) is 2.02. The van der Waals surface area contributed by atoms with E-state index >= 15 is 0 Å². The molecule has 0 unspecified atom stereocenters. The van der Waals surface area contributed by atoms with Gasteiger partial charge in [-0.05, 0) is 6.92 Å². The van der Waals surface area contributed by atoms with Crippen LogP contribution in [-0.2, 0) is 9.05 Å². The van der Waals surface area contributed by atoms with E-state index in [4.69, 9.17) is 20.8 Å². The first kappa shape index (κ1) is 10.1. The van der Waals surface area contributed by atoms with E-state index in [1.165, 1.54) is 6.92 Å². The van der Waals surface area contributed by atoms with Crippen LogP contribution < -0.4 is 5.73 Å². The molecule has 0 atom stereocenters. The summed E-state index contributed by atoms with van der Waals surface area (Å²) < 4.78 is 26.5. The lowest BCUT2D eigenvalue weighted by Gasteiger charge is -1.88. The van der Waals surface area contributed by atoms with E-state index in [-0.39, 0.29) is 16.4 Å². The smallest absolute Gasteiger partial charge is 0.284 e. The monoisotopic (exact) mass is 223 g/mol. The van der Waals surface area contributed by atoms with Crippen molar-refractivity contribution in [3.8, 4) is 0 Å². The summed E-state index contributed by atoms with van der Waals surface area (Å²) in [5.41, 5.74) is 4.87. The molecule has 1 aromatic heterocycles. The molecule has 1 heterocycles. The maximum absolute atomic E-state index is 10.8. The van der Waals surface area contributed by atoms with E-state index in [9.17, 15) is 13.2 Å². The summed E-state index contributed by atoms with van der Waals surface area (Å²) in [5.74, 6) is -1.02. The highest BCUT2D eigenvalue weighted by atomic mass is 35.7. The number of hydrogen-bond acceptors (Lipinski definition) is 4. The summed E-state index contributed by atoms with van der Waals surface area (Å²) in [6, 6.07) is 1.00. The van der Waals surface area contributed by atoms with Crippen molar-refractivity contribution in [3.63, 3.8) is 0 Å². The Labute approximate surface area is 78.9 Å². The average molecular weight is 224 g/mol.